The maximum Gasteiger partial charge on any atom is 0.222 e. The summed E-state index contributed by atoms with van der Waals surface area (Å²) in [4.78, 5) is 16.5. The number of carbonyl (C=O) groups excluding carboxylic acids is 1. The summed E-state index contributed by atoms with van der Waals surface area (Å²) in [7, 11) is 0. The van der Waals surface area contributed by atoms with Crippen LogP contribution in [0.15, 0.2) is 0 Å². The van der Waals surface area contributed by atoms with E-state index in [-0.39, 0.29) is 0 Å². The maximum atomic E-state index is 12.0. The Morgan fingerprint density at radius 3 is 2.71 bits per heavy atom. The van der Waals surface area contributed by atoms with Crippen LogP contribution in [-0.2, 0) is 4.79 Å². The van der Waals surface area contributed by atoms with Gasteiger partial charge < -0.3 is 9.80 Å². The summed E-state index contributed by atoms with van der Waals surface area (Å²) < 4.78 is 0. The summed E-state index contributed by atoms with van der Waals surface area (Å²) in [6.45, 7) is 7.30. The smallest absolute Gasteiger partial charge is 0.222 e. The number of rotatable bonds is 6. The van der Waals surface area contributed by atoms with Crippen LogP contribution in [0.25, 0.3) is 0 Å². The predicted molar refractivity (Wildman–Crippen MR) is 75.6 cm³/mol. The molecule has 4 heteroatoms. The molecule has 1 aliphatic heterocycles. The average Bonchev–Trinajstić information content (AvgIpc) is 2.55. The number of halogens is 1. The monoisotopic (exact) mass is 304 g/mol. The molecular weight excluding hydrogens is 280 g/mol. The van der Waals surface area contributed by atoms with Gasteiger partial charge in [-0.05, 0) is 19.4 Å². The van der Waals surface area contributed by atoms with E-state index in [1.165, 1.54) is 12.8 Å². The van der Waals surface area contributed by atoms with Gasteiger partial charge in [0, 0.05) is 37.9 Å². The minimum absolute atomic E-state index is 0.360. The lowest BCUT2D eigenvalue weighted by atomic mass is 10.2. The van der Waals surface area contributed by atoms with Gasteiger partial charge in [0.2, 0.25) is 5.91 Å². The lowest BCUT2D eigenvalue weighted by molar-refractivity contribution is -0.131. The first kappa shape index (κ1) is 15.0. The first-order valence-corrected chi connectivity index (χ1v) is 7.96. The average molecular weight is 305 g/mol. The molecule has 17 heavy (non-hydrogen) atoms. The SMILES string of the molecule is CCCCCC(=O)N1CCCN(CCBr)CC1. The van der Waals surface area contributed by atoms with Crippen molar-refractivity contribution < 1.29 is 4.79 Å². The second-order valence-corrected chi connectivity index (χ2v) is 5.52. The third-order valence-electron chi connectivity index (χ3n) is 3.34. The van der Waals surface area contributed by atoms with Gasteiger partial charge in [0.15, 0.2) is 0 Å². The molecule has 0 aromatic rings. The molecule has 1 saturated heterocycles. The second-order valence-electron chi connectivity index (χ2n) is 4.72. The van der Waals surface area contributed by atoms with E-state index in [0.29, 0.717) is 5.91 Å². The molecule has 3 nitrogen and oxygen atoms in total. The van der Waals surface area contributed by atoms with E-state index in [0.717, 1.165) is 57.3 Å². The van der Waals surface area contributed by atoms with Gasteiger partial charge in [-0.3, -0.25) is 4.79 Å². The molecule has 1 amide bonds. The Morgan fingerprint density at radius 2 is 2.00 bits per heavy atom. The van der Waals surface area contributed by atoms with Crippen LogP contribution in [0.4, 0.5) is 0 Å². The summed E-state index contributed by atoms with van der Waals surface area (Å²) in [5, 5.41) is 1.03. The van der Waals surface area contributed by atoms with Gasteiger partial charge >= 0.3 is 0 Å². The van der Waals surface area contributed by atoms with E-state index < -0.39 is 0 Å². The van der Waals surface area contributed by atoms with Gasteiger partial charge in [-0.15, -0.1) is 0 Å². The molecule has 1 fully saturated rings. The molecule has 0 N–H and O–H groups in total. The lowest BCUT2D eigenvalue weighted by Crippen LogP contribution is -2.35. The fourth-order valence-corrected chi connectivity index (χ4v) is 2.75. The van der Waals surface area contributed by atoms with Crippen LogP contribution in [0.3, 0.4) is 0 Å². The number of carbonyl (C=O) groups is 1. The topological polar surface area (TPSA) is 23.6 Å². The Balaban J connectivity index is 2.27. The first-order chi connectivity index (χ1) is 8.27. The fourth-order valence-electron chi connectivity index (χ4n) is 2.25. The highest BCUT2D eigenvalue weighted by atomic mass is 79.9. The van der Waals surface area contributed by atoms with Crippen molar-refractivity contribution in [3.8, 4) is 0 Å². The normalized spacial score (nSPS) is 18.1. The summed E-state index contributed by atoms with van der Waals surface area (Å²) in [6, 6.07) is 0. The molecule has 0 aromatic carbocycles. The van der Waals surface area contributed by atoms with E-state index in [9.17, 15) is 4.79 Å². The van der Waals surface area contributed by atoms with Crippen molar-refractivity contribution >= 4 is 21.8 Å². The molecule has 0 aliphatic carbocycles. The van der Waals surface area contributed by atoms with Crippen LogP contribution in [0, 0.1) is 0 Å². The Morgan fingerprint density at radius 1 is 1.18 bits per heavy atom. The highest BCUT2D eigenvalue weighted by molar-refractivity contribution is 9.09. The number of nitrogens with zero attached hydrogens (tertiary/aromatic N) is 2. The zero-order valence-corrected chi connectivity index (χ0v) is 12.5. The van der Waals surface area contributed by atoms with Crippen LogP contribution in [0.1, 0.15) is 39.0 Å². The minimum Gasteiger partial charge on any atom is -0.341 e. The Kier molecular flexibility index (Phi) is 7.86. The van der Waals surface area contributed by atoms with Crippen molar-refractivity contribution in [2.75, 3.05) is 38.1 Å². The van der Waals surface area contributed by atoms with E-state index in [1.54, 1.807) is 0 Å². The Hall–Kier alpha value is -0.0900. The molecule has 1 rings (SSSR count). The second kappa shape index (κ2) is 8.92. The molecule has 1 aliphatic rings. The van der Waals surface area contributed by atoms with Crippen molar-refractivity contribution in [3.05, 3.63) is 0 Å². The molecule has 0 saturated carbocycles. The van der Waals surface area contributed by atoms with Crippen LogP contribution >= 0.6 is 15.9 Å². The number of amides is 1. The zero-order chi connectivity index (χ0) is 12.5. The van der Waals surface area contributed by atoms with Crippen molar-refractivity contribution in [3.63, 3.8) is 0 Å². The van der Waals surface area contributed by atoms with Gasteiger partial charge in [0.05, 0.1) is 0 Å². The summed E-state index contributed by atoms with van der Waals surface area (Å²) >= 11 is 3.47. The van der Waals surface area contributed by atoms with E-state index >= 15 is 0 Å². The van der Waals surface area contributed by atoms with Gasteiger partial charge in [-0.2, -0.15) is 0 Å². The van der Waals surface area contributed by atoms with Gasteiger partial charge in [0.25, 0.3) is 0 Å². The van der Waals surface area contributed by atoms with Crippen molar-refractivity contribution in [1.82, 2.24) is 9.80 Å². The van der Waals surface area contributed by atoms with Gasteiger partial charge in [0.1, 0.15) is 0 Å². The van der Waals surface area contributed by atoms with E-state index in [4.69, 9.17) is 0 Å². The first-order valence-electron chi connectivity index (χ1n) is 6.84. The Labute approximate surface area is 114 Å². The Bertz CT molecular complexity index is 223. The standard InChI is InChI=1S/C13H25BrN2O/c1-2-3-4-6-13(17)16-9-5-8-15(10-7-14)11-12-16/h2-12H2,1H3. The summed E-state index contributed by atoms with van der Waals surface area (Å²) in [5.41, 5.74) is 0. The van der Waals surface area contributed by atoms with Crippen LogP contribution < -0.4 is 0 Å². The molecule has 0 radical (unpaired) electrons. The van der Waals surface area contributed by atoms with Crippen LogP contribution in [0.5, 0.6) is 0 Å². The fraction of sp³-hybridized carbons (Fsp3) is 0.923. The highest BCUT2D eigenvalue weighted by Gasteiger charge is 2.17. The highest BCUT2D eigenvalue weighted by Crippen LogP contribution is 2.08. The van der Waals surface area contributed by atoms with Crippen molar-refractivity contribution in [2.45, 2.75) is 39.0 Å². The maximum absolute atomic E-state index is 12.0. The quantitative estimate of drug-likeness (QED) is 0.556. The predicted octanol–water partition coefficient (Wildman–Crippen LogP) is 2.50. The minimum atomic E-state index is 0.360. The van der Waals surface area contributed by atoms with Crippen LogP contribution in [0.2, 0.25) is 0 Å². The molecule has 0 bridgehead atoms. The van der Waals surface area contributed by atoms with Gasteiger partial charge in [-0.1, -0.05) is 35.7 Å². The van der Waals surface area contributed by atoms with Gasteiger partial charge in [-0.25, -0.2) is 0 Å². The van der Waals surface area contributed by atoms with Crippen molar-refractivity contribution in [1.29, 1.82) is 0 Å². The summed E-state index contributed by atoms with van der Waals surface area (Å²) in [6.07, 6.45) is 5.28. The number of hydrogen-bond donors (Lipinski definition) is 0. The molecule has 0 spiro atoms. The zero-order valence-electron chi connectivity index (χ0n) is 11.0. The third-order valence-corrected chi connectivity index (χ3v) is 3.69. The van der Waals surface area contributed by atoms with Crippen LogP contribution in [-0.4, -0.2) is 53.8 Å². The third kappa shape index (κ3) is 5.87. The molecule has 0 unspecified atom stereocenters. The number of alkyl halides is 1. The number of unbranched alkanes of at least 4 members (excludes halogenated alkanes) is 2. The van der Waals surface area contributed by atoms with E-state index in [2.05, 4.69) is 32.7 Å². The lowest BCUT2D eigenvalue weighted by Gasteiger charge is -2.21. The molecule has 0 atom stereocenters. The van der Waals surface area contributed by atoms with Crippen molar-refractivity contribution in [2.24, 2.45) is 0 Å². The number of hydrogen-bond acceptors (Lipinski definition) is 2. The molecule has 1 heterocycles. The molecule has 0 aromatic heterocycles. The molecular formula is C13H25BrN2O. The summed E-state index contributed by atoms with van der Waals surface area (Å²) in [5.74, 6) is 0.360. The largest absolute Gasteiger partial charge is 0.341 e. The molecule has 100 valence electrons. The van der Waals surface area contributed by atoms with E-state index in [1.807, 2.05) is 0 Å².